The van der Waals surface area contributed by atoms with Crippen molar-refractivity contribution in [2.75, 3.05) is 24.7 Å². The van der Waals surface area contributed by atoms with E-state index in [4.69, 9.17) is 16.3 Å². The standard InChI is InChI=1S/C23H24ClF3N4O/c1-13-9-20(23(25,26)27)30-22(28-13)31-7-6-16-17-11-15(24)4-5-18(17)29-21(16)19(31)10-14-3-2-8-32-12-14/h4-5,9,11,14,19,29H,2-3,6-8,10,12H2,1H3/t14-,19-/m0/s1. The number of aromatic amines is 1. The summed E-state index contributed by atoms with van der Waals surface area (Å²) in [4.78, 5) is 13.8. The molecule has 0 spiro atoms. The van der Waals surface area contributed by atoms with E-state index >= 15 is 0 Å². The van der Waals surface area contributed by atoms with Crippen LogP contribution >= 0.6 is 11.6 Å². The molecule has 4 heterocycles. The number of nitrogens with zero attached hydrogens (tertiary/aromatic N) is 3. The van der Waals surface area contributed by atoms with Crippen LogP contribution in [0.15, 0.2) is 24.3 Å². The highest BCUT2D eigenvalue weighted by Gasteiger charge is 2.37. The Balaban J connectivity index is 1.59. The van der Waals surface area contributed by atoms with E-state index in [9.17, 15) is 13.2 Å². The summed E-state index contributed by atoms with van der Waals surface area (Å²) in [6, 6.07) is 6.57. The smallest absolute Gasteiger partial charge is 0.381 e. The first-order chi connectivity index (χ1) is 15.3. The highest BCUT2D eigenvalue weighted by atomic mass is 35.5. The number of rotatable bonds is 3. The number of alkyl halides is 3. The number of hydrogen-bond acceptors (Lipinski definition) is 4. The molecular formula is C23H24ClF3N4O. The van der Waals surface area contributed by atoms with Gasteiger partial charge in [0.1, 0.15) is 5.69 Å². The van der Waals surface area contributed by atoms with Gasteiger partial charge in [-0.25, -0.2) is 9.97 Å². The third kappa shape index (κ3) is 4.06. The van der Waals surface area contributed by atoms with Crippen LogP contribution in [0.3, 0.4) is 0 Å². The number of fused-ring (bicyclic) bond motifs is 3. The van der Waals surface area contributed by atoms with Gasteiger partial charge in [-0.05, 0) is 68.4 Å². The molecule has 2 atom stereocenters. The van der Waals surface area contributed by atoms with Crippen LogP contribution in [0.5, 0.6) is 0 Å². The van der Waals surface area contributed by atoms with E-state index in [-0.39, 0.29) is 12.0 Å². The number of anilines is 1. The number of halogens is 4. The van der Waals surface area contributed by atoms with Crippen LogP contribution in [0.4, 0.5) is 19.1 Å². The lowest BCUT2D eigenvalue weighted by Gasteiger charge is -2.38. The first kappa shape index (κ1) is 21.5. The number of ether oxygens (including phenoxy) is 1. The fourth-order valence-corrected chi connectivity index (χ4v) is 5.13. The van der Waals surface area contributed by atoms with Crippen molar-refractivity contribution in [3.05, 3.63) is 51.9 Å². The molecule has 2 aliphatic rings. The number of aryl methyl sites for hydroxylation is 1. The lowest BCUT2D eigenvalue weighted by atomic mass is 9.88. The van der Waals surface area contributed by atoms with E-state index in [1.165, 1.54) is 5.56 Å². The topological polar surface area (TPSA) is 54.0 Å². The van der Waals surface area contributed by atoms with E-state index < -0.39 is 11.9 Å². The Morgan fingerprint density at radius 3 is 2.84 bits per heavy atom. The van der Waals surface area contributed by atoms with Crippen molar-refractivity contribution >= 4 is 28.5 Å². The SMILES string of the molecule is Cc1cc(C(F)(F)F)nc(N2CCc3c([nH]c4ccc(Cl)cc34)[C@@H]2C[C@@H]2CCCOC2)n1. The second kappa shape index (κ2) is 8.23. The summed E-state index contributed by atoms with van der Waals surface area (Å²) in [5.41, 5.74) is 2.56. The van der Waals surface area contributed by atoms with Crippen LogP contribution < -0.4 is 4.90 Å². The minimum absolute atomic E-state index is 0.126. The van der Waals surface area contributed by atoms with Crippen LogP contribution in [-0.4, -0.2) is 34.7 Å². The molecule has 170 valence electrons. The second-order valence-electron chi connectivity index (χ2n) is 8.68. The second-order valence-corrected chi connectivity index (χ2v) is 9.11. The Morgan fingerprint density at radius 1 is 1.25 bits per heavy atom. The predicted molar refractivity (Wildman–Crippen MR) is 117 cm³/mol. The molecule has 32 heavy (non-hydrogen) atoms. The molecule has 1 saturated heterocycles. The summed E-state index contributed by atoms with van der Waals surface area (Å²) in [6.45, 7) is 3.53. The molecule has 1 aromatic carbocycles. The molecule has 5 rings (SSSR count). The molecule has 3 aromatic rings. The van der Waals surface area contributed by atoms with Crippen LogP contribution in [0, 0.1) is 12.8 Å². The van der Waals surface area contributed by atoms with Gasteiger partial charge >= 0.3 is 6.18 Å². The van der Waals surface area contributed by atoms with E-state index in [2.05, 4.69) is 15.0 Å². The Hall–Kier alpha value is -2.32. The molecule has 9 heteroatoms. The monoisotopic (exact) mass is 464 g/mol. The van der Waals surface area contributed by atoms with Gasteiger partial charge in [-0.15, -0.1) is 0 Å². The van der Waals surface area contributed by atoms with Crippen molar-refractivity contribution in [3.8, 4) is 0 Å². The van der Waals surface area contributed by atoms with Gasteiger partial charge in [-0.1, -0.05) is 11.6 Å². The van der Waals surface area contributed by atoms with Crippen molar-refractivity contribution in [2.24, 2.45) is 5.92 Å². The number of nitrogens with one attached hydrogen (secondary N) is 1. The Kier molecular flexibility index (Phi) is 5.53. The first-order valence-electron chi connectivity index (χ1n) is 10.9. The predicted octanol–water partition coefficient (Wildman–Crippen LogP) is 5.86. The number of H-pyrrole nitrogens is 1. The van der Waals surface area contributed by atoms with Gasteiger partial charge < -0.3 is 14.6 Å². The minimum Gasteiger partial charge on any atom is -0.381 e. The third-order valence-electron chi connectivity index (χ3n) is 6.41. The average molecular weight is 465 g/mol. The van der Waals surface area contributed by atoms with Crippen LogP contribution in [-0.2, 0) is 17.3 Å². The summed E-state index contributed by atoms with van der Waals surface area (Å²) < 4.78 is 46.1. The fraction of sp³-hybridized carbons (Fsp3) is 0.478. The zero-order chi connectivity index (χ0) is 22.5. The van der Waals surface area contributed by atoms with E-state index in [0.29, 0.717) is 36.2 Å². The van der Waals surface area contributed by atoms with Crippen molar-refractivity contribution in [1.29, 1.82) is 0 Å². The normalized spacial score (nSPS) is 21.7. The lowest BCUT2D eigenvalue weighted by molar-refractivity contribution is -0.141. The van der Waals surface area contributed by atoms with E-state index in [1.54, 1.807) is 6.92 Å². The molecule has 5 nitrogen and oxygen atoms in total. The summed E-state index contributed by atoms with van der Waals surface area (Å²) in [5.74, 6) is 0.450. The molecule has 0 radical (unpaired) electrons. The van der Waals surface area contributed by atoms with Crippen molar-refractivity contribution < 1.29 is 17.9 Å². The fourth-order valence-electron chi connectivity index (χ4n) is 4.96. The molecule has 0 unspecified atom stereocenters. The van der Waals surface area contributed by atoms with Crippen LogP contribution in [0.2, 0.25) is 5.02 Å². The maximum absolute atomic E-state index is 13.5. The molecule has 0 amide bonds. The zero-order valence-electron chi connectivity index (χ0n) is 17.7. The Morgan fingerprint density at radius 2 is 2.09 bits per heavy atom. The average Bonchev–Trinajstić information content (AvgIpc) is 3.12. The largest absolute Gasteiger partial charge is 0.433 e. The van der Waals surface area contributed by atoms with Crippen LogP contribution in [0.25, 0.3) is 10.9 Å². The van der Waals surface area contributed by atoms with Gasteiger partial charge in [0.15, 0.2) is 0 Å². The lowest BCUT2D eigenvalue weighted by Crippen LogP contribution is -2.39. The zero-order valence-corrected chi connectivity index (χ0v) is 18.4. The van der Waals surface area contributed by atoms with Crippen molar-refractivity contribution in [1.82, 2.24) is 15.0 Å². The molecule has 0 saturated carbocycles. The van der Waals surface area contributed by atoms with E-state index in [1.807, 2.05) is 23.1 Å². The quantitative estimate of drug-likeness (QED) is 0.527. The Bertz CT molecular complexity index is 1140. The summed E-state index contributed by atoms with van der Waals surface area (Å²) in [6.07, 6.45) is -1.06. The maximum atomic E-state index is 13.5. The molecular weight excluding hydrogens is 441 g/mol. The molecule has 1 fully saturated rings. The van der Waals surface area contributed by atoms with Gasteiger partial charge in [0.05, 0.1) is 6.04 Å². The van der Waals surface area contributed by atoms with Gasteiger partial charge in [-0.2, -0.15) is 13.2 Å². The molecule has 0 aliphatic carbocycles. The Labute approximate surface area is 188 Å². The highest BCUT2D eigenvalue weighted by molar-refractivity contribution is 6.31. The summed E-state index contributed by atoms with van der Waals surface area (Å²) in [7, 11) is 0. The number of aromatic nitrogens is 3. The molecule has 0 bridgehead atoms. The highest BCUT2D eigenvalue weighted by Crippen LogP contribution is 2.41. The van der Waals surface area contributed by atoms with Crippen LogP contribution in [0.1, 0.15) is 47.9 Å². The summed E-state index contributed by atoms with van der Waals surface area (Å²) in [5, 5.41) is 1.73. The van der Waals surface area contributed by atoms with Crippen molar-refractivity contribution in [2.45, 2.75) is 44.8 Å². The van der Waals surface area contributed by atoms with E-state index in [0.717, 1.165) is 48.5 Å². The number of benzene rings is 1. The maximum Gasteiger partial charge on any atom is 0.433 e. The molecule has 2 aliphatic heterocycles. The van der Waals surface area contributed by atoms with Gasteiger partial charge in [0, 0.05) is 47.1 Å². The first-order valence-corrected chi connectivity index (χ1v) is 11.2. The van der Waals surface area contributed by atoms with Gasteiger partial charge in [-0.3, -0.25) is 0 Å². The van der Waals surface area contributed by atoms with Gasteiger partial charge in [0.2, 0.25) is 5.95 Å². The molecule has 1 N–H and O–H groups in total. The summed E-state index contributed by atoms with van der Waals surface area (Å²) >= 11 is 6.24. The third-order valence-corrected chi connectivity index (χ3v) is 6.65. The molecule has 2 aromatic heterocycles. The number of hydrogen-bond donors (Lipinski definition) is 1. The van der Waals surface area contributed by atoms with Crippen molar-refractivity contribution in [3.63, 3.8) is 0 Å². The van der Waals surface area contributed by atoms with Gasteiger partial charge in [0.25, 0.3) is 0 Å². The minimum atomic E-state index is -4.52.